The van der Waals surface area contributed by atoms with Crippen LogP contribution in [0.2, 0.25) is 5.02 Å². The smallest absolute Gasteiger partial charge is 0.259 e. The van der Waals surface area contributed by atoms with E-state index in [9.17, 15) is 0 Å². The summed E-state index contributed by atoms with van der Waals surface area (Å²) in [5.41, 5.74) is 8.95. The lowest BCUT2D eigenvalue weighted by atomic mass is 10.1. The van der Waals surface area contributed by atoms with Crippen LogP contribution in [0.25, 0.3) is 22.8 Å². The third-order valence-electron chi connectivity index (χ3n) is 3.17. The van der Waals surface area contributed by atoms with Gasteiger partial charge in [-0.3, -0.25) is 4.98 Å². The first-order valence-corrected chi connectivity index (χ1v) is 6.89. The highest BCUT2D eigenvalue weighted by molar-refractivity contribution is 6.33. The summed E-state index contributed by atoms with van der Waals surface area (Å²) in [7, 11) is 0. The van der Waals surface area contributed by atoms with Crippen LogP contribution in [-0.2, 0) is 6.42 Å². The first kappa shape index (κ1) is 13.6. The van der Waals surface area contributed by atoms with Crippen molar-refractivity contribution in [1.82, 2.24) is 15.1 Å². The molecule has 0 atom stereocenters. The van der Waals surface area contributed by atoms with Crippen molar-refractivity contribution in [3.05, 3.63) is 47.2 Å². The van der Waals surface area contributed by atoms with E-state index in [1.54, 1.807) is 30.6 Å². The van der Waals surface area contributed by atoms with Gasteiger partial charge in [0.1, 0.15) is 0 Å². The molecule has 0 radical (unpaired) electrons. The second-order valence-corrected chi connectivity index (χ2v) is 4.96. The molecule has 1 aromatic carbocycles. The molecule has 5 nitrogen and oxygen atoms in total. The number of hydrogen-bond donors (Lipinski definition) is 1. The Morgan fingerprint density at radius 1 is 1.24 bits per heavy atom. The molecular formula is C15H13ClN4O. The van der Waals surface area contributed by atoms with E-state index < -0.39 is 0 Å². The Morgan fingerprint density at radius 3 is 2.90 bits per heavy atom. The molecular weight excluding hydrogens is 288 g/mol. The van der Waals surface area contributed by atoms with E-state index in [2.05, 4.69) is 22.0 Å². The molecule has 0 bridgehead atoms. The second-order valence-electron chi connectivity index (χ2n) is 4.55. The summed E-state index contributed by atoms with van der Waals surface area (Å²) in [6.07, 6.45) is 4.35. The van der Waals surface area contributed by atoms with Crippen LogP contribution >= 0.6 is 11.6 Å². The van der Waals surface area contributed by atoms with Gasteiger partial charge in [0.05, 0.1) is 10.6 Å². The lowest BCUT2D eigenvalue weighted by molar-refractivity contribution is 0.432. The summed E-state index contributed by atoms with van der Waals surface area (Å²) in [6, 6.07) is 7.02. The predicted octanol–water partition coefficient (Wildman–Crippen LogP) is 3.60. The number of nitrogen functional groups attached to an aromatic ring is 1. The molecule has 0 spiro atoms. The van der Waals surface area contributed by atoms with E-state index >= 15 is 0 Å². The largest absolute Gasteiger partial charge is 0.399 e. The Labute approximate surface area is 126 Å². The van der Waals surface area contributed by atoms with Gasteiger partial charge < -0.3 is 10.3 Å². The average molecular weight is 301 g/mol. The van der Waals surface area contributed by atoms with E-state index in [1.165, 1.54) is 0 Å². The van der Waals surface area contributed by atoms with Crippen LogP contribution in [0, 0.1) is 0 Å². The number of aromatic nitrogens is 3. The van der Waals surface area contributed by atoms with Crippen LogP contribution in [0.5, 0.6) is 0 Å². The molecule has 3 aromatic rings. The van der Waals surface area contributed by atoms with Gasteiger partial charge in [-0.2, -0.15) is 4.98 Å². The summed E-state index contributed by atoms with van der Waals surface area (Å²) in [4.78, 5) is 8.52. The number of nitrogens with two attached hydrogens (primary N) is 1. The first-order valence-electron chi connectivity index (χ1n) is 6.51. The van der Waals surface area contributed by atoms with Crippen molar-refractivity contribution in [1.29, 1.82) is 0 Å². The summed E-state index contributed by atoms with van der Waals surface area (Å²) < 4.78 is 5.32. The molecule has 0 aliphatic carbocycles. The minimum atomic E-state index is 0.348. The topological polar surface area (TPSA) is 77.8 Å². The minimum Gasteiger partial charge on any atom is -0.399 e. The van der Waals surface area contributed by atoms with Crippen molar-refractivity contribution >= 4 is 17.3 Å². The minimum absolute atomic E-state index is 0.348. The molecule has 106 valence electrons. The summed E-state index contributed by atoms with van der Waals surface area (Å²) >= 11 is 6.15. The third kappa shape index (κ3) is 2.60. The molecule has 0 saturated carbocycles. The number of hydrogen-bond acceptors (Lipinski definition) is 5. The molecule has 6 heteroatoms. The van der Waals surface area contributed by atoms with Gasteiger partial charge in [0.2, 0.25) is 5.82 Å². The highest BCUT2D eigenvalue weighted by Gasteiger charge is 2.15. The van der Waals surface area contributed by atoms with E-state index in [4.69, 9.17) is 21.9 Å². The lowest BCUT2D eigenvalue weighted by Crippen LogP contribution is -1.91. The average Bonchev–Trinajstić information content (AvgIpc) is 2.99. The zero-order valence-electron chi connectivity index (χ0n) is 11.4. The van der Waals surface area contributed by atoms with Crippen LogP contribution in [-0.4, -0.2) is 15.1 Å². The maximum absolute atomic E-state index is 6.15. The Bertz CT molecular complexity index is 785. The summed E-state index contributed by atoms with van der Waals surface area (Å²) in [5, 5.41) is 4.55. The van der Waals surface area contributed by atoms with Gasteiger partial charge in [0.25, 0.3) is 5.89 Å². The van der Waals surface area contributed by atoms with Gasteiger partial charge in [-0.25, -0.2) is 0 Å². The van der Waals surface area contributed by atoms with Gasteiger partial charge in [-0.05, 0) is 36.2 Å². The standard InChI is InChI=1S/C15H13ClN4O/c1-2-9-8-18-6-5-11(9)14-19-15(21-20-14)12-7-10(17)3-4-13(12)16/h3-8H,2,17H2,1H3. The van der Waals surface area contributed by atoms with Crippen molar-refractivity contribution in [2.24, 2.45) is 0 Å². The molecule has 2 N–H and O–H groups in total. The molecule has 2 aromatic heterocycles. The second kappa shape index (κ2) is 5.54. The molecule has 3 rings (SSSR count). The quantitative estimate of drug-likeness (QED) is 0.748. The molecule has 0 aliphatic heterocycles. The van der Waals surface area contributed by atoms with Crippen molar-refractivity contribution in [2.45, 2.75) is 13.3 Å². The summed E-state index contributed by atoms with van der Waals surface area (Å²) in [5.74, 6) is 0.865. The van der Waals surface area contributed by atoms with Gasteiger partial charge in [-0.1, -0.05) is 23.7 Å². The fourth-order valence-corrected chi connectivity index (χ4v) is 2.27. The SMILES string of the molecule is CCc1cnccc1-c1noc(-c2cc(N)ccc2Cl)n1. The van der Waals surface area contributed by atoms with Crippen LogP contribution in [0.15, 0.2) is 41.2 Å². The zero-order chi connectivity index (χ0) is 14.8. The highest BCUT2D eigenvalue weighted by Crippen LogP contribution is 2.30. The number of rotatable bonds is 3. The molecule has 0 aliphatic rings. The molecule has 21 heavy (non-hydrogen) atoms. The number of nitrogens with zero attached hydrogens (tertiary/aromatic N) is 3. The van der Waals surface area contributed by atoms with E-state index in [-0.39, 0.29) is 0 Å². The van der Waals surface area contributed by atoms with Crippen molar-refractivity contribution in [3.8, 4) is 22.8 Å². The van der Waals surface area contributed by atoms with Gasteiger partial charge in [0, 0.05) is 23.6 Å². The third-order valence-corrected chi connectivity index (χ3v) is 3.50. The van der Waals surface area contributed by atoms with Gasteiger partial charge >= 0.3 is 0 Å². The first-order chi connectivity index (χ1) is 10.2. The highest BCUT2D eigenvalue weighted by atomic mass is 35.5. The normalized spacial score (nSPS) is 10.8. The maximum atomic E-state index is 6.15. The fraction of sp³-hybridized carbons (Fsp3) is 0.133. The van der Waals surface area contributed by atoms with Crippen molar-refractivity contribution in [2.75, 3.05) is 5.73 Å². The van der Waals surface area contributed by atoms with E-state index in [1.807, 2.05) is 6.07 Å². The number of pyridine rings is 1. The van der Waals surface area contributed by atoms with Crippen LogP contribution < -0.4 is 5.73 Å². The van der Waals surface area contributed by atoms with Crippen LogP contribution in [0.4, 0.5) is 5.69 Å². The van der Waals surface area contributed by atoms with Crippen molar-refractivity contribution < 1.29 is 4.52 Å². The maximum Gasteiger partial charge on any atom is 0.259 e. The van der Waals surface area contributed by atoms with Gasteiger partial charge in [0.15, 0.2) is 0 Å². The fourth-order valence-electron chi connectivity index (χ4n) is 2.08. The monoisotopic (exact) mass is 300 g/mol. The van der Waals surface area contributed by atoms with Gasteiger partial charge in [-0.15, -0.1) is 0 Å². The van der Waals surface area contributed by atoms with Crippen molar-refractivity contribution in [3.63, 3.8) is 0 Å². The van der Waals surface area contributed by atoms with Crippen LogP contribution in [0.1, 0.15) is 12.5 Å². The lowest BCUT2D eigenvalue weighted by Gasteiger charge is -2.01. The Hall–Kier alpha value is -2.40. The Balaban J connectivity index is 2.06. The number of anilines is 1. The van der Waals surface area contributed by atoms with E-state index in [0.717, 1.165) is 17.5 Å². The van der Waals surface area contributed by atoms with Crippen LogP contribution in [0.3, 0.4) is 0 Å². The summed E-state index contributed by atoms with van der Waals surface area (Å²) in [6.45, 7) is 2.05. The molecule has 0 saturated heterocycles. The number of benzene rings is 1. The number of halogens is 1. The zero-order valence-corrected chi connectivity index (χ0v) is 12.1. The molecule has 0 amide bonds. The van der Waals surface area contributed by atoms with E-state index in [0.29, 0.717) is 28.0 Å². The predicted molar refractivity (Wildman–Crippen MR) is 81.8 cm³/mol. The molecule has 0 unspecified atom stereocenters. The molecule has 0 fully saturated rings. The molecule has 2 heterocycles. The number of aryl methyl sites for hydroxylation is 1. The Kier molecular flexibility index (Phi) is 3.58. The Morgan fingerprint density at radius 2 is 2.10 bits per heavy atom.